The summed E-state index contributed by atoms with van der Waals surface area (Å²) < 4.78 is 5.51. The van der Waals surface area contributed by atoms with E-state index in [1.807, 2.05) is 12.1 Å². The van der Waals surface area contributed by atoms with Gasteiger partial charge in [0, 0.05) is 11.8 Å². The van der Waals surface area contributed by atoms with Gasteiger partial charge in [0.15, 0.2) is 0 Å². The van der Waals surface area contributed by atoms with Crippen molar-refractivity contribution in [1.29, 1.82) is 0 Å². The van der Waals surface area contributed by atoms with Gasteiger partial charge in [0.05, 0.1) is 6.61 Å². The van der Waals surface area contributed by atoms with E-state index < -0.39 is 0 Å². The number of nitrogen functional groups attached to an aromatic ring is 1. The van der Waals surface area contributed by atoms with Crippen LogP contribution in [0.5, 0.6) is 5.75 Å². The Balaban J connectivity index is 2.51. The molecule has 71 valence electrons. The van der Waals surface area contributed by atoms with Gasteiger partial charge in [-0.25, -0.2) is 0 Å². The molecule has 1 aromatic carbocycles. The number of anilines is 1. The van der Waals surface area contributed by atoms with Crippen LogP contribution < -0.4 is 10.5 Å². The smallest absolute Gasteiger partial charge is 0.127 e. The predicted octanol–water partition coefficient (Wildman–Crippen LogP) is 2.49. The lowest BCUT2D eigenvalue weighted by Gasteiger charge is -2.18. The first-order valence-electron chi connectivity index (χ1n) is 4.37. The van der Waals surface area contributed by atoms with Crippen molar-refractivity contribution in [3.05, 3.63) is 24.3 Å². The molecule has 0 aliphatic rings. The minimum Gasteiger partial charge on any atom is -0.492 e. The number of benzene rings is 1. The summed E-state index contributed by atoms with van der Waals surface area (Å²) in [5.74, 6) is 0.754. The van der Waals surface area contributed by atoms with Crippen molar-refractivity contribution in [2.75, 3.05) is 12.3 Å². The summed E-state index contributed by atoms with van der Waals surface area (Å²) in [5, 5.41) is 0. The third-order valence-corrected chi connectivity index (χ3v) is 1.47. The zero-order chi connectivity index (χ0) is 9.90. The van der Waals surface area contributed by atoms with Crippen LogP contribution in [0.25, 0.3) is 0 Å². The molecular formula is C11H16NO. The Morgan fingerprint density at radius 2 is 2.08 bits per heavy atom. The Morgan fingerprint density at radius 3 is 2.54 bits per heavy atom. The van der Waals surface area contributed by atoms with Crippen LogP contribution >= 0.6 is 0 Å². The Bertz CT molecular complexity index is 258. The Kier molecular flexibility index (Phi) is 2.81. The maximum absolute atomic E-state index is 5.52. The molecule has 1 radical (unpaired) electrons. The van der Waals surface area contributed by atoms with Crippen LogP contribution in [0.15, 0.2) is 18.2 Å². The normalized spacial score (nSPS) is 11.3. The highest BCUT2D eigenvalue weighted by atomic mass is 16.5. The minimum absolute atomic E-state index is 0.176. The zero-order valence-electron chi connectivity index (χ0n) is 8.42. The summed E-state index contributed by atoms with van der Waals surface area (Å²) in [7, 11) is 0. The number of nitrogens with two attached hydrogens (primary N) is 1. The number of hydrogen-bond donors (Lipinski definition) is 1. The van der Waals surface area contributed by atoms with Gasteiger partial charge in [0.2, 0.25) is 0 Å². The second-order valence-electron chi connectivity index (χ2n) is 4.34. The largest absolute Gasteiger partial charge is 0.492 e. The van der Waals surface area contributed by atoms with Gasteiger partial charge in [0.25, 0.3) is 0 Å². The fourth-order valence-corrected chi connectivity index (χ4v) is 0.807. The highest BCUT2D eigenvalue weighted by molar-refractivity contribution is 5.40. The molecule has 0 saturated heterocycles. The molecule has 0 amide bonds. The van der Waals surface area contributed by atoms with E-state index in [4.69, 9.17) is 10.5 Å². The lowest BCUT2D eigenvalue weighted by molar-refractivity contribution is 0.197. The van der Waals surface area contributed by atoms with Gasteiger partial charge in [-0.05, 0) is 23.6 Å². The summed E-state index contributed by atoms with van der Waals surface area (Å²) in [5.41, 5.74) is 6.41. The monoisotopic (exact) mass is 178 g/mol. The van der Waals surface area contributed by atoms with Crippen molar-refractivity contribution in [3.63, 3.8) is 0 Å². The fraction of sp³-hybridized carbons (Fsp3) is 0.455. The molecule has 0 saturated carbocycles. The van der Waals surface area contributed by atoms with Crippen LogP contribution in [0.2, 0.25) is 0 Å². The second kappa shape index (κ2) is 3.69. The molecular weight excluding hydrogens is 162 g/mol. The molecule has 1 aromatic rings. The van der Waals surface area contributed by atoms with Gasteiger partial charge in [0.1, 0.15) is 5.75 Å². The van der Waals surface area contributed by atoms with E-state index in [-0.39, 0.29) is 5.41 Å². The molecule has 13 heavy (non-hydrogen) atoms. The molecule has 0 spiro atoms. The van der Waals surface area contributed by atoms with E-state index in [2.05, 4.69) is 26.8 Å². The molecule has 0 bridgehead atoms. The van der Waals surface area contributed by atoms with Crippen LogP contribution in [-0.2, 0) is 0 Å². The molecule has 0 unspecified atom stereocenters. The number of hydrogen-bond acceptors (Lipinski definition) is 2. The lowest BCUT2D eigenvalue weighted by atomic mass is 9.99. The standard InChI is InChI=1S/C11H16NO/c1-11(2,3)8-13-10-6-4-9(12)5-7-10/h4-6H,8,12H2,1-3H3. The SMILES string of the molecule is CC(C)(C)COc1[c]cc(N)cc1. The third kappa shape index (κ3) is 3.83. The van der Waals surface area contributed by atoms with Crippen LogP contribution in [0, 0.1) is 11.5 Å². The van der Waals surface area contributed by atoms with E-state index >= 15 is 0 Å². The summed E-state index contributed by atoms with van der Waals surface area (Å²) in [6, 6.07) is 8.33. The maximum Gasteiger partial charge on any atom is 0.127 e. The van der Waals surface area contributed by atoms with Crippen LogP contribution in [0.4, 0.5) is 5.69 Å². The molecule has 0 aliphatic carbocycles. The molecule has 0 fully saturated rings. The van der Waals surface area contributed by atoms with Gasteiger partial charge in [-0.3, -0.25) is 0 Å². The van der Waals surface area contributed by atoms with Gasteiger partial charge < -0.3 is 10.5 Å². The summed E-state index contributed by atoms with van der Waals surface area (Å²) in [4.78, 5) is 0. The first-order valence-corrected chi connectivity index (χ1v) is 4.37. The highest BCUT2D eigenvalue weighted by Crippen LogP contribution is 2.17. The quantitative estimate of drug-likeness (QED) is 0.706. The van der Waals surface area contributed by atoms with Crippen molar-refractivity contribution >= 4 is 5.69 Å². The molecule has 1 rings (SSSR count). The fourth-order valence-electron chi connectivity index (χ4n) is 0.807. The van der Waals surface area contributed by atoms with E-state index in [1.165, 1.54) is 0 Å². The van der Waals surface area contributed by atoms with Crippen molar-refractivity contribution in [2.45, 2.75) is 20.8 Å². The number of rotatable bonds is 2. The summed E-state index contributed by atoms with van der Waals surface area (Å²) in [6.45, 7) is 7.08. The van der Waals surface area contributed by atoms with Gasteiger partial charge in [-0.1, -0.05) is 20.8 Å². The van der Waals surface area contributed by atoms with Crippen molar-refractivity contribution in [3.8, 4) is 5.75 Å². The van der Waals surface area contributed by atoms with E-state index in [9.17, 15) is 0 Å². The van der Waals surface area contributed by atoms with Crippen molar-refractivity contribution in [2.24, 2.45) is 5.41 Å². The zero-order valence-corrected chi connectivity index (χ0v) is 8.42. The molecule has 2 heteroatoms. The first kappa shape index (κ1) is 9.90. The lowest BCUT2D eigenvalue weighted by Crippen LogP contribution is -2.16. The van der Waals surface area contributed by atoms with Crippen molar-refractivity contribution in [1.82, 2.24) is 0 Å². The minimum atomic E-state index is 0.176. The van der Waals surface area contributed by atoms with E-state index in [0.29, 0.717) is 12.3 Å². The third-order valence-electron chi connectivity index (χ3n) is 1.47. The number of ether oxygens (including phenoxy) is 1. The second-order valence-corrected chi connectivity index (χ2v) is 4.34. The van der Waals surface area contributed by atoms with Crippen LogP contribution in [0.1, 0.15) is 20.8 Å². The predicted molar refractivity (Wildman–Crippen MR) is 54.6 cm³/mol. The van der Waals surface area contributed by atoms with Gasteiger partial charge >= 0.3 is 0 Å². The van der Waals surface area contributed by atoms with Gasteiger partial charge in [-0.15, -0.1) is 0 Å². The Hall–Kier alpha value is -1.18. The van der Waals surface area contributed by atoms with Crippen molar-refractivity contribution < 1.29 is 4.74 Å². The molecule has 0 heterocycles. The molecule has 0 aromatic heterocycles. The first-order chi connectivity index (χ1) is 5.97. The summed E-state index contributed by atoms with van der Waals surface area (Å²) in [6.07, 6.45) is 0. The molecule has 0 atom stereocenters. The average molecular weight is 178 g/mol. The average Bonchev–Trinajstić information content (AvgIpc) is 2.02. The molecule has 2 N–H and O–H groups in total. The van der Waals surface area contributed by atoms with E-state index in [1.54, 1.807) is 6.07 Å². The Labute approximate surface area is 79.7 Å². The Morgan fingerprint density at radius 1 is 1.38 bits per heavy atom. The maximum atomic E-state index is 5.52. The summed E-state index contributed by atoms with van der Waals surface area (Å²) >= 11 is 0. The van der Waals surface area contributed by atoms with Crippen LogP contribution in [-0.4, -0.2) is 6.61 Å². The van der Waals surface area contributed by atoms with Crippen LogP contribution in [0.3, 0.4) is 0 Å². The van der Waals surface area contributed by atoms with E-state index in [0.717, 1.165) is 5.75 Å². The highest BCUT2D eigenvalue weighted by Gasteiger charge is 2.10. The molecule has 2 nitrogen and oxygen atoms in total. The van der Waals surface area contributed by atoms with Gasteiger partial charge in [-0.2, -0.15) is 0 Å². The molecule has 0 aliphatic heterocycles. The topological polar surface area (TPSA) is 35.2 Å².